The van der Waals surface area contributed by atoms with Crippen molar-refractivity contribution in [2.75, 3.05) is 26.2 Å². The van der Waals surface area contributed by atoms with E-state index in [0.29, 0.717) is 12.8 Å². The van der Waals surface area contributed by atoms with Gasteiger partial charge in [0.2, 0.25) is 0 Å². The molecular weight excluding hydrogens is 393 g/mol. The highest BCUT2D eigenvalue weighted by molar-refractivity contribution is 6.20. The van der Waals surface area contributed by atoms with Gasteiger partial charge in [0.25, 0.3) is 0 Å². The van der Waals surface area contributed by atoms with Crippen LogP contribution in [0.5, 0.6) is 0 Å². The number of piperidine rings is 1. The van der Waals surface area contributed by atoms with Crippen LogP contribution in [0.4, 0.5) is 13.2 Å². The smallest absolute Gasteiger partial charge is 0.377 e. The third kappa shape index (κ3) is 4.62. The van der Waals surface area contributed by atoms with Crippen molar-refractivity contribution in [3.05, 3.63) is 0 Å². The molecule has 28 heavy (non-hydrogen) atoms. The summed E-state index contributed by atoms with van der Waals surface area (Å²) in [5, 5.41) is 6.61. The minimum atomic E-state index is -4.20. The van der Waals surface area contributed by atoms with E-state index in [1.807, 2.05) is 0 Å². The zero-order valence-electron chi connectivity index (χ0n) is 16.1. The normalized spacial score (nSPS) is 45.0. The Morgan fingerprint density at radius 2 is 1.89 bits per heavy atom. The third-order valence-electron chi connectivity index (χ3n) is 7.19. The summed E-state index contributed by atoms with van der Waals surface area (Å²) < 4.78 is 47.0. The van der Waals surface area contributed by atoms with Crippen LogP contribution < -0.4 is 21.5 Å². The van der Waals surface area contributed by atoms with E-state index < -0.39 is 18.0 Å². The molecule has 0 aromatic rings. The van der Waals surface area contributed by atoms with Crippen molar-refractivity contribution >= 4 is 11.6 Å². The fraction of sp³-hybridized carbons (Fsp3) is 1.00. The summed E-state index contributed by atoms with van der Waals surface area (Å²) in [7, 11) is 0. The van der Waals surface area contributed by atoms with E-state index in [0.717, 1.165) is 45.5 Å². The molecule has 4 N–H and O–H groups in total. The molecule has 9 heteroatoms. The van der Waals surface area contributed by atoms with Gasteiger partial charge in [-0.3, -0.25) is 10.7 Å². The molecule has 7 unspecified atom stereocenters. The molecule has 0 aromatic carbocycles. The van der Waals surface area contributed by atoms with Crippen molar-refractivity contribution in [1.29, 1.82) is 0 Å². The molecule has 0 spiro atoms. The maximum absolute atomic E-state index is 13.8. The first-order valence-electron chi connectivity index (χ1n) is 10.7. The van der Waals surface area contributed by atoms with Crippen molar-refractivity contribution < 1.29 is 17.9 Å². The summed E-state index contributed by atoms with van der Waals surface area (Å²) >= 11 is 6.12. The molecule has 1 aliphatic carbocycles. The van der Waals surface area contributed by atoms with Crippen LogP contribution in [0, 0.1) is 23.7 Å². The molecule has 162 valence electrons. The highest BCUT2D eigenvalue weighted by Crippen LogP contribution is 2.47. The van der Waals surface area contributed by atoms with Crippen LogP contribution in [-0.4, -0.2) is 56.1 Å². The van der Waals surface area contributed by atoms with Gasteiger partial charge in [0.05, 0.1) is 18.2 Å². The van der Waals surface area contributed by atoms with E-state index in [9.17, 15) is 13.2 Å². The Hall–Kier alpha value is -0.120. The van der Waals surface area contributed by atoms with Gasteiger partial charge in [-0.2, -0.15) is 13.2 Å². The second-order valence-corrected chi connectivity index (χ2v) is 9.50. The van der Waals surface area contributed by atoms with Gasteiger partial charge in [-0.25, -0.2) is 5.43 Å². The average molecular weight is 425 g/mol. The maximum atomic E-state index is 13.8. The standard InChI is InChI=1S/C19H32ClF3N4O/c20-11-3-4-14(16(8-11)19(21,22)23)17-13-5-6-24-10-15(13)18(27-26-17)25-9-12-2-1-7-28-12/h11-18,24-27H,1-10H2/t11?,12-,13?,14?,15?,16?,17?,18?/m1/s1. The summed E-state index contributed by atoms with van der Waals surface area (Å²) in [4.78, 5) is 0. The lowest BCUT2D eigenvalue weighted by molar-refractivity contribution is -0.203. The fourth-order valence-corrected chi connectivity index (χ4v) is 6.07. The summed E-state index contributed by atoms with van der Waals surface area (Å²) in [6.45, 7) is 3.27. The minimum Gasteiger partial charge on any atom is -0.377 e. The highest BCUT2D eigenvalue weighted by atomic mass is 35.5. The van der Waals surface area contributed by atoms with Crippen LogP contribution in [0.15, 0.2) is 0 Å². The lowest BCUT2D eigenvalue weighted by Gasteiger charge is -2.52. The molecule has 0 aromatic heterocycles. The van der Waals surface area contributed by atoms with Crippen LogP contribution in [0.25, 0.3) is 0 Å². The molecule has 8 atom stereocenters. The van der Waals surface area contributed by atoms with Gasteiger partial charge in [0.1, 0.15) is 0 Å². The first-order chi connectivity index (χ1) is 13.4. The van der Waals surface area contributed by atoms with Gasteiger partial charge in [-0.15, -0.1) is 11.6 Å². The van der Waals surface area contributed by atoms with Crippen molar-refractivity contribution in [3.63, 3.8) is 0 Å². The van der Waals surface area contributed by atoms with E-state index in [2.05, 4.69) is 21.5 Å². The Kier molecular flexibility index (Phi) is 6.74. The molecular formula is C19H32ClF3N4O. The molecule has 3 heterocycles. The van der Waals surface area contributed by atoms with Crippen molar-refractivity contribution in [3.8, 4) is 0 Å². The van der Waals surface area contributed by atoms with Gasteiger partial charge >= 0.3 is 6.18 Å². The summed E-state index contributed by atoms with van der Waals surface area (Å²) in [6.07, 6.45) is 0.359. The fourth-order valence-electron chi connectivity index (χ4n) is 5.75. The Labute approximate surface area is 169 Å². The van der Waals surface area contributed by atoms with Gasteiger partial charge in [0.15, 0.2) is 0 Å². The lowest BCUT2D eigenvalue weighted by Crippen LogP contribution is -2.71. The van der Waals surface area contributed by atoms with Crippen LogP contribution >= 0.6 is 11.6 Å². The molecule has 5 nitrogen and oxygen atoms in total. The number of nitrogens with one attached hydrogen (secondary N) is 4. The molecule has 0 bridgehead atoms. The Morgan fingerprint density at radius 3 is 2.64 bits per heavy atom. The van der Waals surface area contributed by atoms with E-state index in [1.54, 1.807) is 0 Å². The zero-order valence-corrected chi connectivity index (χ0v) is 16.9. The topological polar surface area (TPSA) is 57.3 Å². The van der Waals surface area contributed by atoms with Crippen molar-refractivity contribution in [2.24, 2.45) is 23.7 Å². The summed E-state index contributed by atoms with van der Waals surface area (Å²) in [5.74, 6) is -1.28. The largest absolute Gasteiger partial charge is 0.392 e. The number of fused-ring (bicyclic) bond motifs is 1. The Bertz CT molecular complexity index is 520. The zero-order chi connectivity index (χ0) is 19.7. The van der Waals surface area contributed by atoms with Crippen molar-refractivity contribution in [2.45, 2.75) is 68.4 Å². The predicted molar refractivity (Wildman–Crippen MR) is 102 cm³/mol. The third-order valence-corrected chi connectivity index (χ3v) is 7.59. The first-order valence-corrected chi connectivity index (χ1v) is 11.1. The molecule has 1 saturated carbocycles. The number of hydrazine groups is 1. The second-order valence-electron chi connectivity index (χ2n) is 8.88. The average Bonchev–Trinajstić information content (AvgIpc) is 3.19. The maximum Gasteiger partial charge on any atom is 0.392 e. The van der Waals surface area contributed by atoms with E-state index in [-0.39, 0.29) is 41.9 Å². The molecule has 0 radical (unpaired) electrons. The number of hydrogen-bond acceptors (Lipinski definition) is 5. The first kappa shape index (κ1) is 21.1. The predicted octanol–water partition coefficient (Wildman–Crippen LogP) is 2.37. The summed E-state index contributed by atoms with van der Waals surface area (Å²) in [6, 6.07) is -0.177. The van der Waals surface area contributed by atoms with Crippen LogP contribution in [-0.2, 0) is 4.74 Å². The number of alkyl halides is 4. The van der Waals surface area contributed by atoms with E-state index in [4.69, 9.17) is 16.3 Å². The highest BCUT2D eigenvalue weighted by Gasteiger charge is 2.53. The van der Waals surface area contributed by atoms with Gasteiger partial charge in [-0.05, 0) is 56.9 Å². The van der Waals surface area contributed by atoms with Crippen LogP contribution in [0.1, 0.15) is 38.5 Å². The molecule has 0 amide bonds. The van der Waals surface area contributed by atoms with Crippen molar-refractivity contribution in [1.82, 2.24) is 21.5 Å². The molecule has 3 aliphatic heterocycles. The molecule has 3 saturated heterocycles. The number of rotatable bonds is 4. The number of ether oxygens (including phenoxy) is 1. The van der Waals surface area contributed by atoms with Crippen LogP contribution in [0.2, 0.25) is 0 Å². The lowest BCUT2D eigenvalue weighted by atomic mass is 9.66. The Balaban J connectivity index is 1.45. The second kappa shape index (κ2) is 8.94. The minimum absolute atomic E-state index is 0.0320. The van der Waals surface area contributed by atoms with E-state index in [1.165, 1.54) is 0 Å². The summed E-state index contributed by atoms with van der Waals surface area (Å²) in [5.41, 5.74) is 6.62. The number of halogens is 4. The molecule has 4 fully saturated rings. The monoisotopic (exact) mass is 424 g/mol. The van der Waals surface area contributed by atoms with Gasteiger partial charge in [-0.1, -0.05) is 0 Å². The molecule has 4 aliphatic rings. The SMILES string of the molecule is FC(F)(F)C1CC(Cl)CCC1C1NNC(NC[C@H]2CCCO2)C2CNCCC21. The quantitative estimate of drug-likeness (QED) is 0.522. The Morgan fingerprint density at radius 1 is 1.04 bits per heavy atom. The van der Waals surface area contributed by atoms with Gasteiger partial charge in [0, 0.05) is 37.0 Å². The molecule has 4 rings (SSSR count). The number of hydrogen-bond donors (Lipinski definition) is 4. The van der Waals surface area contributed by atoms with Gasteiger partial charge < -0.3 is 10.1 Å². The van der Waals surface area contributed by atoms with Crippen LogP contribution in [0.3, 0.4) is 0 Å². The van der Waals surface area contributed by atoms with E-state index >= 15 is 0 Å².